The molecule has 0 saturated carbocycles. The standard InChI is InChI=1S/C23H25N5O4S/c1-2-28-21-7-6-19(33(30,31)27-10-12-32-13-11-27)15-20(21)26-22(28)8-9-23(29)25-18-5-3-4-17(14-18)16-24/h3-7,14-15H,2,8-13H2,1H3,(H,25,29). The lowest BCUT2D eigenvalue weighted by molar-refractivity contribution is -0.116. The number of anilines is 1. The summed E-state index contributed by atoms with van der Waals surface area (Å²) in [6, 6.07) is 13.8. The number of hydrogen-bond acceptors (Lipinski definition) is 6. The Morgan fingerprint density at radius 2 is 2.00 bits per heavy atom. The highest BCUT2D eigenvalue weighted by Gasteiger charge is 2.27. The van der Waals surface area contributed by atoms with Gasteiger partial charge in [0.1, 0.15) is 5.82 Å². The van der Waals surface area contributed by atoms with Gasteiger partial charge in [0, 0.05) is 38.2 Å². The number of amides is 1. The molecule has 1 aliphatic heterocycles. The third kappa shape index (κ3) is 4.90. The molecule has 2 aromatic carbocycles. The maximum atomic E-state index is 13.0. The number of nitriles is 1. The Bertz CT molecular complexity index is 1320. The van der Waals surface area contributed by atoms with Crippen LogP contribution >= 0.6 is 0 Å². The van der Waals surface area contributed by atoms with Gasteiger partial charge < -0.3 is 14.6 Å². The summed E-state index contributed by atoms with van der Waals surface area (Å²) in [7, 11) is -3.61. The van der Waals surface area contributed by atoms with Crippen molar-refractivity contribution in [3.8, 4) is 6.07 Å². The van der Waals surface area contributed by atoms with E-state index in [9.17, 15) is 13.2 Å². The maximum Gasteiger partial charge on any atom is 0.243 e. The molecule has 172 valence electrons. The number of morpholine rings is 1. The van der Waals surface area contributed by atoms with Crippen LogP contribution in [0.3, 0.4) is 0 Å². The number of nitrogens with one attached hydrogen (secondary N) is 1. The topological polar surface area (TPSA) is 117 Å². The van der Waals surface area contributed by atoms with E-state index in [1.807, 2.05) is 17.6 Å². The van der Waals surface area contributed by atoms with E-state index in [1.165, 1.54) is 4.31 Å². The second-order valence-corrected chi connectivity index (χ2v) is 9.62. The fourth-order valence-corrected chi connectivity index (χ4v) is 5.34. The lowest BCUT2D eigenvalue weighted by atomic mass is 10.2. The predicted molar refractivity (Wildman–Crippen MR) is 123 cm³/mol. The molecule has 1 amide bonds. The van der Waals surface area contributed by atoms with Gasteiger partial charge in [0.15, 0.2) is 0 Å². The Morgan fingerprint density at radius 3 is 2.73 bits per heavy atom. The number of aromatic nitrogens is 2. The van der Waals surface area contributed by atoms with Crippen molar-refractivity contribution in [1.29, 1.82) is 5.26 Å². The molecule has 0 aliphatic carbocycles. The molecule has 3 aromatic rings. The van der Waals surface area contributed by atoms with Gasteiger partial charge in [-0.1, -0.05) is 6.07 Å². The molecule has 0 spiro atoms. The van der Waals surface area contributed by atoms with Crippen molar-refractivity contribution in [2.75, 3.05) is 31.6 Å². The number of rotatable bonds is 7. The average molecular weight is 468 g/mol. The molecule has 1 aliphatic rings. The zero-order valence-corrected chi connectivity index (χ0v) is 19.1. The monoisotopic (exact) mass is 467 g/mol. The number of carbonyl (C=O) groups excluding carboxylic acids is 1. The van der Waals surface area contributed by atoms with Crippen LogP contribution in [0, 0.1) is 11.3 Å². The van der Waals surface area contributed by atoms with Crippen molar-refractivity contribution in [2.45, 2.75) is 31.2 Å². The molecule has 1 N–H and O–H groups in total. The molecule has 1 fully saturated rings. The largest absolute Gasteiger partial charge is 0.379 e. The van der Waals surface area contributed by atoms with E-state index in [2.05, 4.69) is 10.3 Å². The van der Waals surface area contributed by atoms with Crippen LogP contribution in [0.2, 0.25) is 0 Å². The van der Waals surface area contributed by atoms with Gasteiger partial charge in [-0.05, 0) is 43.3 Å². The van der Waals surface area contributed by atoms with Crippen LogP contribution in [0.4, 0.5) is 5.69 Å². The van der Waals surface area contributed by atoms with Gasteiger partial charge in [0.25, 0.3) is 0 Å². The lowest BCUT2D eigenvalue weighted by Crippen LogP contribution is -2.40. The summed E-state index contributed by atoms with van der Waals surface area (Å²) >= 11 is 0. The van der Waals surface area contributed by atoms with E-state index in [1.54, 1.807) is 42.5 Å². The van der Waals surface area contributed by atoms with Crippen molar-refractivity contribution < 1.29 is 17.9 Å². The molecule has 0 atom stereocenters. The van der Waals surface area contributed by atoms with Crippen LogP contribution in [0.5, 0.6) is 0 Å². The first-order valence-corrected chi connectivity index (χ1v) is 12.2. The van der Waals surface area contributed by atoms with Crippen LogP contribution < -0.4 is 5.32 Å². The number of sulfonamides is 1. The fraction of sp³-hybridized carbons (Fsp3) is 0.348. The number of ether oxygens (including phenoxy) is 1. The molecule has 0 bridgehead atoms. The Morgan fingerprint density at radius 1 is 1.21 bits per heavy atom. The summed E-state index contributed by atoms with van der Waals surface area (Å²) in [6.45, 7) is 4.07. The fourth-order valence-electron chi connectivity index (χ4n) is 3.91. The number of nitrogens with zero attached hydrogens (tertiary/aromatic N) is 4. The van der Waals surface area contributed by atoms with Crippen LogP contribution in [0.1, 0.15) is 24.7 Å². The highest BCUT2D eigenvalue weighted by Crippen LogP contribution is 2.24. The van der Waals surface area contributed by atoms with Gasteiger partial charge in [0.05, 0.1) is 40.8 Å². The molecule has 9 nitrogen and oxygen atoms in total. The number of fused-ring (bicyclic) bond motifs is 1. The van der Waals surface area contributed by atoms with Crippen LogP contribution in [-0.4, -0.2) is 54.5 Å². The van der Waals surface area contributed by atoms with Gasteiger partial charge in [-0.2, -0.15) is 9.57 Å². The molecule has 0 radical (unpaired) electrons. The van der Waals surface area contributed by atoms with Crippen molar-refractivity contribution in [3.63, 3.8) is 0 Å². The molecule has 0 unspecified atom stereocenters. The Balaban J connectivity index is 1.52. The Labute approximate surface area is 192 Å². The zero-order valence-electron chi connectivity index (χ0n) is 18.3. The molecule has 1 aromatic heterocycles. The average Bonchev–Trinajstić information content (AvgIpc) is 3.20. The predicted octanol–water partition coefficient (Wildman–Crippen LogP) is 2.52. The number of imidazole rings is 1. The summed E-state index contributed by atoms with van der Waals surface area (Å²) in [4.78, 5) is 17.3. The van der Waals surface area contributed by atoms with E-state index in [0.717, 1.165) is 5.52 Å². The maximum absolute atomic E-state index is 13.0. The van der Waals surface area contributed by atoms with Gasteiger partial charge >= 0.3 is 0 Å². The molecule has 1 saturated heterocycles. The van der Waals surface area contributed by atoms with E-state index in [4.69, 9.17) is 10.00 Å². The second kappa shape index (κ2) is 9.70. The second-order valence-electron chi connectivity index (χ2n) is 7.68. The minimum absolute atomic E-state index is 0.185. The van der Waals surface area contributed by atoms with Gasteiger partial charge in [-0.15, -0.1) is 0 Å². The van der Waals surface area contributed by atoms with Gasteiger partial charge in [0.2, 0.25) is 15.9 Å². The molecule has 10 heteroatoms. The first-order chi connectivity index (χ1) is 15.9. The van der Waals surface area contributed by atoms with Crippen LogP contribution in [-0.2, 0) is 32.5 Å². The summed E-state index contributed by atoms with van der Waals surface area (Å²) < 4.78 is 34.7. The van der Waals surface area contributed by atoms with E-state index in [-0.39, 0.29) is 17.2 Å². The number of carbonyl (C=O) groups is 1. The summed E-state index contributed by atoms with van der Waals surface area (Å²) in [6.07, 6.45) is 0.608. The normalized spacial score (nSPS) is 14.8. The van der Waals surface area contributed by atoms with E-state index >= 15 is 0 Å². The smallest absolute Gasteiger partial charge is 0.243 e. The first kappa shape index (κ1) is 22.9. The molecular formula is C23H25N5O4S. The van der Waals surface area contributed by atoms with Crippen LogP contribution in [0.15, 0.2) is 47.4 Å². The minimum atomic E-state index is -3.61. The Hall–Kier alpha value is -3.26. The summed E-state index contributed by atoms with van der Waals surface area (Å²) in [5, 5.41) is 11.8. The van der Waals surface area contributed by atoms with Gasteiger partial charge in [-0.3, -0.25) is 4.79 Å². The first-order valence-electron chi connectivity index (χ1n) is 10.8. The van der Waals surface area contributed by atoms with Gasteiger partial charge in [-0.25, -0.2) is 13.4 Å². The minimum Gasteiger partial charge on any atom is -0.379 e. The molecular weight excluding hydrogens is 442 g/mol. The van der Waals surface area contributed by atoms with E-state index in [0.29, 0.717) is 61.9 Å². The summed E-state index contributed by atoms with van der Waals surface area (Å²) in [5.74, 6) is 0.532. The zero-order chi connectivity index (χ0) is 23.4. The third-order valence-corrected chi connectivity index (χ3v) is 7.47. The highest BCUT2D eigenvalue weighted by atomic mass is 32.2. The lowest BCUT2D eigenvalue weighted by Gasteiger charge is -2.26. The van der Waals surface area contributed by atoms with Crippen molar-refractivity contribution in [3.05, 3.63) is 53.9 Å². The quantitative estimate of drug-likeness (QED) is 0.571. The van der Waals surface area contributed by atoms with Crippen molar-refractivity contribution >= 4 is 32.7 Å². The highest BCUT2D eigenvalue weighted by molar-refractivity contribution is 7.89. The number of benzene rings is 2. The number of hydrogen-bond donors (Lipinski definition) is 1. The molecule has 4 rings (SSSR count). The number of aryl methyl sites for hydroxylation is 2. The van der Waals surface area contributed by atoms with Crippen molar-refractivity contribution in [1.82, 2.24) is 13.9 Å². The molecule has 33 heavy (non-hydrogen) atoms. The van der Waals surface area contributed by atoms with Crippen LogP contribution in [0.25, 0.3) is 11.0 Å². The van der Waals surface area contributed by atoms with E-state index < -0.39 is 10.0 Å². The van der Waals surface area contributed by atoms with Crippen molar-refractivity contribution in [2.24, 2.45) is 0 Å². The summed E-state index contributed by atoms with van der Waals surface area (Å²) in [5.41, 5.74) is 2.46. The SMILES string of the molecule is CCn1c(CCC(=O)Nc2cccc(C#N)c2)nc2cc(S(=O)(=O)N3CCOCC3)ccc21. The third-order valence-electron chi connectivity index (χ3n) is 5.57. The molecule has 2 heterocycles. The Kier molecular flexibility index (Phi) is 6.74.